The van der Waals surface area contributed by atoms with Crippen molar-refractivity contribution in [2.24, 2.45) is 0 Å². The lowest BCUT2D eigenvalue weighted by Crippen LogP contribution is -2.48. The summed E-state index contributed by atoms with van der Waals surface area (Å²) in [6.45, 7) is 4.32. The fraction of sp³-hybridized carbons (Fsp3) is 0.375. The van der Waals surface area contributed by atoms with Gasteiger partial charge in [-0.15, -0.1) is 0 Å². The molecule has 1 fully saturated rings. The molecule has 2 aliphatic heterocycles. The van der Waals surface area contributed by atoms with Crippen molar-refractivity contribution in [2.45, 2.75) is 44.0 Å². The SMILES string of the molecule is Cc1cn(-c2ccc3n(c2=O)CCN(C[C@@]24C[C@]2(C)Oc2c(Cl)cc(C(F)(F)F)cc24)C3=O)cn1. The zero-order valence-corrected chi connectivity index (χ0v) is 19.6. The largest absolute Gasteiger partial charge is 0.485 e. The van der Waals surface area contributed by atoms with Crippen molar-refractivity contribution in [1.82, 2.24) is 19.0 Å². The number of aromatic nitrogens is 3. The van der Waals surface area contributed by atoms with Crippen LogP contribution in [0, 0.1) is 6.92 Å². The summed E-state index contributed by atoms with van der Waals surface area (Å²) in [6.07, 6.45) is -0.813. The Morgan fingerprint density at radius 3 is 2.66 bits per heavy atom. The minimum Gasteiger partial charge on any atom is -0.485 e. The maximum absolute atomic E-state index is 13.5. The summed E-state index contributed by atoms with van der Waals surface area (Å²) in [5.74, 6) is -0.105. The first-order valence-electron chi connectivity index (χ1n) is 11.1. The van der Waals surface area contributed by atoms with E-state index in [1.54, 1.807) is 34.1 Å². The average molecular weight is 505 g/mol. The van der Waals surface area contributed by atoms with E-state index in [4.69, 9.17) is 16.3 Å². The number of fused-ring (bicyclic) bond motifs is 4. The molecular weight excluding hydrogens is 485 g/mol. The number of ether oxygens (including phenoxy) is 1. The van der Waals surface area contributed by atoms with Gasteiger partial charge in [0, 0.05) is 37.8 Å². The van der Waals surface area contributed by atoms with Crippen molar-refractivity contribution < 1.29 is 22.7 Å². The second kappa shape index (κ2) is 6.90. The molecule has 0 bridgehead atoms. The van der Waals surface area contributed by atoms with Gasteiger partial charge in [0.15, 0.2) is 0 Å². The lowest BCUT2D eigenvalue weighted by atomic mass is 9.91. The van der Waals surface area contributed by atoms with Gasteiger partial charge in [0.05, 0.1) is 28.0 Å². The third-order valence-corrected chi connectivity index (χ3v) is 7.73. The monoisotopic (exact) mass is 504 g/mol. The number of amides is 1. The van der Waals surface area contributed by atoms with Gasteiger partial charge in [0.2, 0.25) is 0 Å². The second-order valence-corrected chi connectivity index (χ2v) is 10.0. The Balaban J connectivity index is 1.34. The van der Waals surface area contributed by atoms with Crippen LogP contribution >= 0.6 is 11.6 Å². The minimum atomic E-state index is -4.56. The predicted molar refractivity (Wildman–Crippen MR) is 120 cm³/mol. The summed E-state index contributed by atoms with van der Waals surface area (Å²) >= 11 is 6.16. The van der Waals surface area contributed by atoms with E-state index in [2.05, 4.69) is 4.98 Å². The molecule has 0 spiro atoms. The standard InChI is InChI=1S/C24H20ClF3N4O3/c1-13-9-31(12-29-13)17-3-4-18-20(33)30(5-6-32(18)21(17)34)11-23-10-22(23,2)35-19-15(23)7-14(8-16(19)25)24(26,27)28/h3-4,7-9,12H,5-6,10-11H2,1-2H3/t22-,23+/m0/s1. The van der Waals surface area contributed by atoms with Crippen molar-refractivity contribution in [1.29, 1.82) is 0 Å². The van der Waals surface area contributed by atoms with Crippen molar-refractivity contribution >= 4 is 17.5 Å². The summed E-state index contributed by atoms with van der Waals surface area (Å²) in [7, 11) is 0. The minimum absolute atomic E-state index is 0.0910. The highest BCUT2D eigenvalue weighted by Gasteiger charge is 2.73. The van der Waals surface area contributed by atoms with Crippen LogP contribution in [0.4, 0.5) is 13.2 Å². The Morgan fingerprint density at radius 1 is 1.20 bits per heavy atom. The van der Waals surface area contributed by atoms with Gasteiger partial charge in [-0.25, -0.2) is 4.98 Å². The van der Waals surface area contributed by atoms with E-state index >= 15 is 0 Å². The summed E-state index contributed by atoms with van der Waals surface area (Å²) in [6, 6.07) is 5.14. The Hall–Kier alpha value is -3.27. The quantitative estimate of drug-likeness (QED) is 0.541. The number of pyridine rings is 1. The molecule has 3 aromatic rings. The van der Waals surface area contributed by atoms with Crippen LogP contribution in [0.2, 0.25) is 5.02 Å². The van der Waals surface area contributed by atoms with Gasteiger partial charge in [-0.05, 0) is 38.1 Å². The number of imidazole rings is 1. The van der Waals surface area contributed by atoms with E-state index in [0.29, 0.717) is 17.7 Å². The molecule has 0 saturated heterocycles. The second-order valence-electron chi connectivity index (χ2n) is 9.63. The van der Waals surface area contributed by atoms with E-state index < -0.39 is 22.8 Å². The van der Waals surface area contributed by atoms with E-state index in [1.165, 1.54) is 4.57 Å². The molecule has 2 atom stereocenters. The summed E-state index contributed by atoms with van der Waals surface area (Å²) in [5, 5.41) is -0.0910. The van der Waals surface area contributed by atoms with Gasteiger partial charge in [-0.1, -0.05) is 11.6 Å². The molecule has 182 valence electrons. The van der Waals surface area contributed by atoms with Gasteiger partial charge < -0.3 is 18.8 Å². The van der Waals surface area contributed by atoms with E-state index in [9.17, 15) is 22.8 Å². The number of rotatable bonds is 3. The van der Waals surface area contributed by atoms with Crippen molar-refractivity contribution in [3.63, 3.8) is 0 Å². The molecule has 0 N–H and O–H groups in total. The van der Waals surface area contributed by atoms with Crippen LogP contribution in [-0.2, 0) is 18.1 Å². The summed E-state index contributed by atoms with van der Waals surface area (Å²) < 4.78 is 49.5. The van der Waals surface area contributed by atoms with E-state index in [1.807, 2.05) is 13.8 Å². The highest BCUT2D eigenvalue weighted by Crippen LogP contribution is 2.68. The number of aryl methyl sites for hydroxylation is 1. The normalized spacial score (nSPS) is 24.6. The molecule has 1 saturated carbocycles. The van der Waals surface area contributed by atoms with Crippen LogP contribution in [0.25, 0.3) is 5.69 Å². The number of benzene rings is 1. The molecular formula is C24H20ClF3N4O3. The van der Waals surface area contributed by atoms with Crippen molar-refractivity contribution in [3.05, 3.63) is 74.7 Å². The van der Waals surface area contributed by atoms with E-state index in [0.717, 1.165) is 17.8 Å². The van der Waals surface area contributed by atoms with Crippen LogP contribution in [-0.4, -0.2) is 43.6 Å². The number of hydrogen-bond donors (Lipinski definition) is 0. The third kappa shape index (κ3) is 3.08. The number of alkyl halides is 3. The zero-order valence-electron chi connectivity index (χ0n) is 18.8. The molecule has 0 unspecified atom stereocenters. The lowest BCUT2D eigenvalue weighted by molar-refractivity contribution is -0.137. The first-order chi connectivity index (χ1) is 16.4. The molecule has 1 amide bonds. The van der Waals surface area contributed by atoms with Gasteiger partial charge >= 0.3 is 6.18 Å². The number of nitrogens with zero attached hydrogens (tertiary/aromatic N) is 4. The smallest absolute Gasteiger partial charge is 0.416 e. The zero-order chi connectivity index (χ0) is 24.9. The molecule has 6 rings (SSSR count). The highest BCUT2D eigenvalue weighted by molar-refractivity contribution is 6.32. The summed E-state index contributed by atoms with van der Waals surface area (Å²) in [5.41, 5.74) is -0.930. The molecule has 1 aromatic carbocycles. The average Bonchev–Trinajstić information content (AvgIpc) is 3.03. The fourth-order valence-corrected chi connectivity index (χ4v) is 5.74. The van der Waals surface area contributed by atoms with Crippen LogP contribution in [0.15, 0.2) is 41.6 Å². The number of carbonyl (C=O) groups is 1. The Kier molecular flexibility index (Phi) is 4.38. The molecule has 7 nitrogen and oxygen atoms in total. The van der Waals surface area contributed by atoms with Crippen LogP contribution in [0.5, 0.6) is 5.75 Å². The molecule has 11 heteroatoms. The Labute approximate surface area is 202 Å². The molecule has 4 heterocycles. The van der Waals surface area contributed by atoms with Gasteiger partial charge in [-0.3, -0.25) is 9.59 Å². The van der Waals surface area contributed by atoms with E-state index in [-0.39, 0.29) is 47.6 Å². The topological polar surface area (TPSA) is 69.4 Å². The maximum atomic E-state index is 13.5. The number of carbonyl (C=O) groups excluding carboxylic acids is 1. The first kappa shape index (κ1) is 22.2. The van der Waals surface area contributed by atoms with Crippen molar-refractivity contribution in [3.8, 4) is 11.4 Å². The van der Waals surface area contributed by atoms with Gasteiger partial charge in [-0.2, -0.15) is 13.2 Å². The molecule has 1 aliphatic carbocycles. The van der Waals surface area contributed by atoms with Crippen LogP contribution in [0.3, 0.4) is 0 Å². The molecule has 2 aromatic heterocycles. The number of hydrogen-bond acceptors (Lipinski definition) is 4. The maximum Gasteiger partial charge on any atom is 0.416 e. The lowest BCUT2D eigenvalue weighted by Gasteiger charge is -2.32. The molecule has 3 aliphatic rings. The number of halogens is 4. The van der Waals surface area contributed by atoms with Gasteiger partial charge in [0.25, 0.3) is 11.5 Å². The Bertz CT molecular complexity index is 1480. The molecule has 0 radical (unpaired) electrons. The Morgan fingerprint density at radius 2 is 1.97 bits per heavy atom. The van der Waals surface area contributed by atoms with Crippen molar-refractivity contribution in [2.75, 3.05) is 13.1 Å². The molecule has 35 heavy (non-hydrogen) atoms. The van der Waals surface area contributed by atoms with Gasteiger partial charge in [0.1, 0.15) is 22.7 Å². The predicted octanol–water partition coefficient (Wildman–Crippen LogP) is 3.96. The highest BCUT2D eigenvalue weighted by atomic mass is 35.5. The first-order valence-corrected chi connectivity index (χ1v) is 11.5. The van der Waals surface area contributed by atoms with Crippen LogP contribution < -0.4 is 10.3 Å². The third-order valence-electron chi connectivity index (χ3n) is 7.44. The fourth-order valence-electron chi connectivity index (χ4n) is 5.48. The summed E-state index contributed by atoms with van der Waals surface area (Å²) in [4.78, 5) is 32.2. The van der Waals surface area contributed by atoms with Crippen LogP contribution in [0.1, 0.15) is 40.7 Å².